The summed E-state index contributed by atoms with van der Waals surface area (Å²) in [5.41, 5.74) is 11.0. The van der Waals surface area contributed by atoms with E-state index in [1.807, 2.05) is 30.5 Å². The van der Waals surface area contributed by atoms with E-state index in [1.54, 1.807) is 6.20 Å². The molecule has 6 heteroatoms. The highest BCUT2D eigenvalue weighted by atomic mass is 32.1. The van der Waals surface area contributed by atoms with Gasteiger partial charge in [-0.3, -0.25) is 9.78 Å². The molecule has 150 valence electrons. The highest BCUT2D eigenvalue weighted by molar-refractivity contribution is 7.18. The Morgan fingerprint density at radius 2 is 1.97 bits per heavy atom. The van der Waals surface area contributed by atoms with E-state index < -0.39 is 0 Å². The van der Waals surface area contributed by atoms with Crippen molar-refractivity contribution in [3.63, 3.8) is 0 Å². The molecule has 0 bridgehead atoms. The van der Waals surface area contributed by atoms with Crippen LogP contribution in [0.15, 0.2) is 54.9 Å². The minimum Gasteiger partial charge on any atom is -0.375 e. The first-order chi connectivity index (χ1) is 14.5. The predicted octanol–water partition coefficient (Wildman–Crippen LogP) is 4.35. The van der Waals surface area contributed by atoms with Crippen LogP contribution in [0.4, 0.5) is 5.13 Å². The van der Waals surface area contributed by atoms with Crippen molar-refractivity contribution >= 4 is 33.0 Å². The number of aromatic nitrogens is 2. The largest absolute Gasteiger partial charge is 0.375 e. The van der Waals surface area contributed by atoms with Gasteiger partial charge in [-0.25, -0.2) is 4.98 Å². The lowest BCUT2D eigenvalue weighted by Crippen LogP contribution is -2.26. The molecule has 5 rings (SSSR count). The normalized spacial score (nSPS) is 14.0. The van der Waals surface area contributed by atoms with Gasteiger partial charge in [0.25, 0.3) is 0 Å². The second-order valence-electron chi connectivity index (χ2n) is 7.87. The molecule has 2 aromatic heterocycles. The van der Waals surface area contributed by atoms with E-state index in [0.717, 1.165) is 52.0 Å². The molecule has 0 amide bonds. The van der Waals surface area contributed by atoms with Crippen molar-refractivity contribution in [2.75, 3.05) is 19.3 Å². The Morgan fingerprint density at radius 1 is 1.07 bits per heavy atom. The summed E-state index contributed by atoms with van der Waals surface area (Å²) in [6, 6.07) is 14.3. The third-order valence-electron chi connectivity index (χ3n) is 5.66. The number of rotatable bonds is 4. The molecule has 0 saturated carbocycles. The van der Waals surface area contributed by atoms with Gasteiger partial charge >= 0.3 is 0 Å². The number of nitrogen functional groups attached to an aromatic ring is 1. The number of carbonyl (C=O) groups excluding carboxylic acids is 1. The maximum atomic E-state index is 12.9. The Kier molecular flexibility index (Phi) is 4.81. The number of nitrogens with zero attached hydrogens (tertiary/aromatic N) is 3. The van der Waals surface area contributed by atoms with E-state index in [-0.39, 0.29) is 5.78 Å². The molecule has 2 aromatic carbocycles. The highest BCUT2D eigenvalue weighted by Gasteiger charge is 2.16. The molecular formula is C24H22N4OS. The number of fused-ring (bicyclic) bond motifs is 2. The Labute approximate surface area is 179 Å². The maximum Gasteiger partial charge on any atom is 0.180 e. The molecule has 3 heterocycles. The summed E-state index contributed by atoms with van der Waals surface area (Å²) in [6.07, 6.45) is 4.92. The van der Waals surface area contributed by atoms with Gasteiger partial charge in [-0.05, 0) is 53.7 Å². The zero-order valence-corrected chi connectivity index (χ0v) is 17.6. The van der Waals surface area contributed by atoms with Crippen LogP contribution in [-0.4, -0.2) is 34.2 Å². The monoisotopic (exact) mass is 414 g/mol. The van der Waals surface area contributed by atoms with Crippen LogP contribution < -0.4 is 5.73 Å². The maximum absolute atomic E-state index is 12.9. The number of thiazole rings is 1. The number of hydrogen-bond donors (Lipinski definition) is 1. The highest BCUT2D eigenvalue weighted by Crippen LogP contribution is 2.30. The summed E-state index contributed by atoms with van der Waals surface area (Å²) < 4.78 is 0. The molecule has 1 aliphatic heterocycles. The Morgan fingerprint density at radius 3 is 2.80 bits per heavy atom. The molecule has 0 spiro atoms. The van der Waals surface area contributed by atoms with E-state index in [1.165, 1.54) is 22.5 Å². The SMILES string of the molecule is CN1CCc2cc(C(=O)Cc3cc4cc(-c5cnc(N)s5)ccc4cn3)ccc2C1. The van der Waals surface area contributed by atoms with E-state index in [9.17, 15) is 4.79 Å². The van der Waals surface area contributed by atoms with Crippen molar-refractivity contribution in [3.8, 4) is 10.4 Å². The van der Waals surface area contributed by atoms with Crippen molar-refractivity contribution < 1.29 is 4.79 Å². The lowest BCUT2D eigenvalue weighted by Gasteiger charge is -2.25. The molecule has 0 fully saturated rings. The van der Waals surface area contributed by atoms with Crippen LogP contribution in [0.3, 0.4) is 0 Å². The number of likely N-dealkylation sites (N-methyl/N-ethyl adjacent to an activating group) is 1. The van der Waals surface area contributed by atoms with Gasteiger partial charge in [0.15, 0.2) is 10.9 Å². The molecule has 0 saturated heterocycles. The van der Waals surface area contributed by atoms with E-state index >= 15 is 0 Å². The number of ketones is 1. The topological polar surface area (TPSA) is 72.1 Å². The van der Waals surface area contributed by atoms with Crippen molar-refractivity contribution in [1.82, 2.24) is 14.9 Å². The predicted molar refractivity (Wildman–Crippen MR) is 122 cm³/mol. The summed E-state index contributed by atoms with van der Waals surface area (Å²) in [4.78, 5) is 24.9. The van der Waals surface area contributed by atoms with Crippen LogP contribution >= 0.6 is 11.3 Å². The third kappa shape index (κ3) is 3.72. The quantitative estimate of drug-likeness (QED) is 0.503. The summed E-state index contributed by atoms with van der Waals surface area (Å²) in [5, 5.41) is 2.67. The standard InChI is InChI=1S/C24H22N4OS/c1-28-7-6-15-8-16(2-5-19(15)14-28)22(29)11-21-10-20-9-17(3-4-18(20)12-26-21)23-13-27-24(25)30-23/h2-5,8-10,12-13H,6-7,11,14H2,1H3,(H2,25,27). The second-order valence-corrected chi connectivity index (χ2v) is 8.93. The molecule has 0 unspecified atom stereocenters. The van der Waals surface area contributed by atoms with Crippen LogP contribution in [0.5, 0.6) is 0 Å². The van der Waals surface area contributed by atoms with Crippen LogP contribution in [0, 0.1) is 0 Å². The number of Topliss-reactive ketones (excluding diaryl/α,β-unsaturated/α-hetero) is 1. The van der Waals surface area contributed by atoms with E-state index in [0.29, 0.717) is 11.6 Å². The zero-order valence-electron chi connectivity index (χ0n) is 16.8. The average Bonchev–Trinajstić information content (AvgIpc) is 3.19. The number of pyridine rings is 1. The zero-order chi connectivity index (χ0) is 20.7. The van der Waals surface area contributed by atoms with Gasteiger partial charge < -0.3 is 10.6 Å². The van der Waals surface area contributed by atoms with Crippen LogP contribution in [0.25, 0.3) is 21.2 Å². The average molecular weight is 415 g/mol. The van der Waals surface area contributed by atoms with Gasteiger partial charge in [0.2, 0.25) is 0 Å². The summed E-state index contributed by atoms with van der Waals surface area (Å²) >= 11 is 1.47. The molecule has 0 atom stereocenters. The Hall–Kier alpha value is -3.09. The lowest BCUT2D eigenvalue weighted by atomic mass is 9.95. The summed E-state index contributed by atoms with van der Waals surface area (Å²) in [6.45, 7) is 1.98. The van der Waals surface area contributed by atoms with Gasteiger partial charge in [-0.1, -0.05) is 35.6 Å². The fourth-order valence-electron chi connectivity index (χ4n) is 3.99. The van der Waals surface area contributed by atoms with Crippen molar-refractivity contribution in [1.29, 1.82) is 0 Å². The number of hydrogen-bond acceptors (Lipinski definition) is 6. The lowest BCUT2D eigenvalue weighted by molar-refractivity contribution is 0.0992. The third-order valence-corrected chi connectivity index (χ3v) is 6.54. The van der Waals surface area contributed by atoms with Crippen LogP contribution in [-0.2, 0) is 19.4 Å². The van der Waals surface area contributed by atoms with Crippen molar-refractivity contribution in [2.24, 2.45) is 0 Å². The number of anilines is 1. The first kappa shape index (κ1) is 18.9. The minimum absolute atomic E-state index is 0.106. The van der Waals surface area contributed by atoms with Crippen molar-refractivity contribution in [2.45, 2.75) is 19.4 Å². The molecule has 4 aromatic rings. The van der Waals surface area contributed by atoms with Crippen molar-refractivity contribution in [3.05, 3.63) is 77.2 Å². The fourth-order valence-corrected chi connectivity index (χ4v) is 4.67. The van der Waals surface area contributed by atoms with Gasteiger partial charge in [0, 0.05) is 42.1 Å². The van der Waals surface area contributed by atoms with Crippen LogP contribution in [0.2, 0.25) is 0 Å². The van der Waals surface area contributed by atoms with Gasteiger partial charge in [0.1, 0.15) is 0 Å². The minimum atomic E-state index is 0.106. The van der Waals surface area contributed by atoms with Gasteiger partial charge in [-0.15, -0.1) is 0 Å². The molecule has 5 nitrogen and oxygen atoms in total. The van der Waals surface area contributed by atoms with E-state index in [2.05, 4.69) is 40.1 Å². The van der Waals surface area contributed by atoms with Gasteiger partial charge in [-0.2, -0.15) is 0 Å². The number of nitrogens with two attached hydrogens (primary N) is 1. The summed E-state index contributed by atoms with van der Waals surface area (Å²) in [5.74, 6) is 0.106. The summed E-state index contributed by atoms with van der Waals surface area (Å²) in [7, 11) is 2.13. The Balaban J connectivity index is 1.40. The molecule has 1 aliphatic rings. The van der Waals surface area contributed by atoms with E-state index in [4.69, 9.17) is 5.73 Å². The van der Waals surface area contributed by atoms with Gasteiger partial charge in [0.05, 0.1) is 11.3 Å². The number of benzene rings is 2. The molecular weight excluding hydrogens is 392 g/mol. The molecule has 30 heavy (non-hydrogen) atoms. The number of carbonyl (C=O) groups is 1. The smallest absolute Gasteiger partial charge is 0.180 e. The van der Waals surface area contributed by atoms with Crippen LogP contribution in [0.1, 0.15) is 27.2 Å². The Bertz CT molecular complexity index is 1260. The molecule has 0 aliphatic carbocycles. The second kappa shape index (κ2) is 7.63. The molecule has 2 N–H and O–H groups in total. The first-order valence-corrected chi connectivity index (χ1v) is 10.8. The fraction of sp³-hybridized carbons (Fsp3) is 0.208. The first-order valence-electron chi connectivity index (χ1n) is 9.99. The molecule has 0 radical (unpaired) electrons.